The maximum atomic E-state index is 11.9. The van der Waals surface area contributed by atoms with Gasteiger partial charge in [0.15, 0.2) is 5.16 Å². The number of aryl methyl sites for hydroxylation is 1. The number of carbonyl (C=O) groups is 2. The average molecular weight is 371 g/mol. The Labute approximate surface area is 144 Å². The second-order valence-corrected chi connectivity index (χ2v) is 7.05. The lowest BCUT2D eigenvalue weighted by atomic mass is 10.1. The monoisotopic (exact) mass is 371 g/mol. The Hall–Kier alpha value is -2.05. The fraction of sp³-hybridized carbons (Fsp3) is 0.417. The summed E-state index contributed by atoms with van der Waals surface area (Å²) in [6.07, 6.45) is -0.401. The third-order valence-electron chi connectivity index (χ3n) is 3.42. The van der Waals surface area contributed by atoms with Crippen LogP contribution >= 0.6 is 23.5 Å². The van der Waals surface area contributed by atoms with Gasteiger partial charge < -0.3 is 15.6 Å². The molecule has 1 fully saturated rings. The number of thioether (sulfide) groups is 2. The Morgan fingerprint density at radius 1 is 1.58 bits per heavy atom. The molecule has 1 amide bonds. The lowest BCUT2D eigenvalue weighted by molar-refractivity contribution is -0.144. The Bertz CT molecular complexity index is 794. The minimum absolute atomic E-state index is 0.000611. The molecule has 0 spiro atoms. The number of carboxylic acid groups (broad SMARTS) is 1. The van der Waals surface area contributed by atoms with E-state index in [4.69, 9.17) is 15.6 Å². The normalized spacial score (nSPS) is 22.9. The first-order valence-corrected chi connectivity index (χ1v) is 8.78. The van der Waals surface area contributed by atoms with E-state index in [0.29, 0.717) is 22.2 Å². The smallest absolute Gasteiger partial charge is 0.449 e. The van der Waals surface area contributed by atoms with Crippen molar-refractivity contribution in [2.24, 2.45) is 12.8 Å². The maximum absolute atomic E-state index is 11.9. The second-order valence-electron chi connectivity index (χ2n) is 5.00. The molecule has 3 rings (SSSR count). The van der Waals surface area contributed by atoms with E-state index in [1.807, 2.05) is 0 Å². The summed E-state index contributed by atoms with van der Waals surface area (Å²) in [5.41, 5.74) is 5.87. The standard InChI is InChI=1S/C12H13N5O5S2/c1-16-11(15-6(18)2-14-16)24-4-5-3-23-10-7(13)8(19)17(10)9(5)22-12(20)21/h2,7,10H,3-4,13H2,1H3,(H,20,21)/t7-,10-/m1/s1. The zero-order chi connectivity index (χ0) is 17.4. The summed E-state index contributed by atoms with van der Waals surface area (Å²) in [7, 11) is 1.64. The molecule has 1 saturated heterocycles. The van der Waals surface area contributed by atoms with Gasteiger partial charge in [-0.15, -0.1) is 11.8 Å². The summed E-state index contributed by atoms with van der Waals surface area (Å²) in [5.74, 6) is 0.386. The number of nitrogens with zero attached hydrogens (tertiary/aromatic N) is 4. The van der Waals surface area contributed by atoms with Crippen LogP contribution in [0.5, 0.6) is 0 Å². The number of nitrogens with two attached hydrogens (primary N) is 1. The molecule has 3 N–H and O–H groups in total. The molecule has 0 bridgehead atoms. The van der Waals surface area contributed by atoms with Crippen LogP contribution in [0.1, 0.15) is 0 Å². The Balaban J connectivity index is 1.84. The molecule has 3 heterocycles. The van der Waals surface area contributed by atoms with Gasteiger partial charge in [-0.3, -0.25) is 14.5 Å². The van der Waals surface area contributed by atoms with Crippen LogP contribution < -0.4 is 11.3 Å². The first-order valence-electron chi connectivity index (χ1n) is 6.74. The zero-order valence-corrected chi connectivity index (χ0v) is 14.0. The molecular formula is C12H13N5O5S2. The average Bonchev–Trinajstić information content (AvgIpc) is 2.54. The van der Waals surface area contributed by atoms with E-state index in [1.54, 1.807) is 7.05 Å². The van der Waals surface area contributed by atoms with Gasteiger partial charge in [-0.2, -0.15) is 10.1 Å². The lowest BCUT2D eigenvalue weighted by Gasteiger charge is -2.47. The fourth-order valence-electron chi connectivity index (χ4n) is 2.26. The van der Waals surface area contributed by atoms with Crippen LogP contribution in [0.15, 0.2) is 27.6 Å². The number of amides is 1. The first kappa shape index (κ1) is 16.8. The Morgan fingerprint density at radius 3 is 3.04 bits per heavy atom. The maximum Gasteiger partial charge on any atom is 0.512 e. The summed E-state index contributed by atoms with van der Waals surface area (Å²) in [6.45, 7) is 0. The van der Waals surface area contributed by atoms with E-state index in [-0.39, 0.29) is 17.2 Å². The topological polar surface area (TPSA) is 141 Å². The van der Waals surface area contributed by atoms with E-state index in [1.165, 1.54) is 33.1 Å². The molecule has 10 nitrogen and oxygen atoms in total. The third kappa shape index (κ3) is 2.99. The summed E-state index contributed by atoms with van der Waals surface area (Å²) in [5, 5.41) is 12.8. The number of β-lactam (4-membered cyclic amide) rings is 1. The molecule has 1 aromatic rings. The molecule has 0 aliphatic carbocycles. The molecule has 0 unspecified atom stereocenters. The summed E-state index contributed by atoms with van der Waals surface area (Å²) < 4.78 is 6.25. The lowest BCUT2D eigenvalue weighted by Crippen LogP contribution is -2.68. The van der Waals surface area contributed by atoms with Crippen molar-refractivity contribution in [2.45, 2.75) is 16.6 Å². The van der Waals surface area contributed by atoms with Crippen molar-refractivity contribution < 1.29 is 19.4 Å². The van der Waals surface area contributed by atoms with Gasteiger partial charge in [0.1, 0.15) is 17.6 Å². The number of aromatic nitrogens is 3. The van der Waals surface area contributed by atoms with Crippen LogP contribution in [0.4, 0.5) is 4.79 Å². The highest BCUT2D eigenvalue weighted by atomic mass is 32.2. The van der Waals surface area contributed by atoms with E-state index in [0.717, 1.165) is 6.20 Å². The molecule has 24 heavy (non-hydrogen) atoms. The molecule has 0 saturated carbocycles. The highest BCUT2D eigenvalue weighted by Crippen LogP contribution is 2.40. The van der Waals surface area contributed by atoms with Crippen molar-refractivity contribution >= 4 is 35.6 Å². The SMILES string of the molecule is Cn1ncc(=O)nc1SCC1=C(OC(=O)O)N2C(=O)[C@@H](N)[C@H]2SC1. The quantitative estimate of drug-likeness (QED) is 0.401. The number of carbonyl (C=O) groups excluding carboxylic acids is 1. The van der Waals surface area contributed by atoms with Gasteiger partial charge in [0.05, 0.1) is 0 Å². The van der Waals surface area contributed by atoms with Crippen LogP contribution in [-0.2, 0) is 16.6 Å². The molecule has 2 aliphatic heterocycles. The van der Waals surface area contributed by atoms with Crippen LogP contribution in [0.25, 0.3) is 0 Å². The largest absolute Gasteiger partial charge is 0.512 e. The van der Waals surface area contributed by atoms with Gasteiger partial charge >= 0.3 is 6.16 Å². The highest BCUT2D eigenvalue weighted by Gasteiger charge is 2.51. The minimum atomic E-state index is -1.50. The van der Waals surface area contributed by atoms with Crippen LogP contribution in [0.2, 0.25) is 0 Å². The van der Waals surface area contributed by atoms with Crippen molar-refractivity contribution in [3.8, 4) is 0 Å². The predicted octanol–water partition coefficient (Wildman–Crippen LogP) is -0.584. The number of ether oxygens (including phenoxy) is 1. The van der Waals surface area contributed by atoms with E-state index < -0.39 is 17.8 Å². The van der Waals surface area contributed by atoms with Gasteiger partial charge in [0, 0.05) is 24.1 Å². The third-order valence-corrected chi connectivity index (χ3v) is 5.88. The summed E-state index contributed by atoms with van der Waals surface area (Å²) >= 11 is 2.64. The number of rotatable bonds is 4. The second kappa shape index (κ2) is 6.45. The van der Waals surface area contributed by atoms with Crippen molar-refractivity contribution in [3.05, 3.63) is 28.0 Å². The number of hydrogen-bond donors (Lipinski definition) is 2. The van der Waals surface area contributed by atoms with E-state index in [9.17, 15) is 14.4 Å². The Kier molecular flexibility index (Phi) is 4.51. The molecule has 0 aromatic carbocycles. The Morgan fingerprint density at radius 2 is 2.33 bits per heavy atom. The van der Waals surface area contributed by atoms with Gasteiger partial charge in [-0.05, 0) is 0 Å². The van der Waals surface area contributed by atoms with E-state index in [2.05, 4.69) is 10.1 Å². The van der Waals surface area contributed by atoms with Gasteiger partial charge in [0.2, 0.25) is 11.8 Å². The van der Waals surface area contributed by atoms with Crippen molar-refractivity contribution in [2.75, 3.05) is 11.5 Å². The molecule has 2 aliphatic rings. The minimum Gasteiger partial charge on any atom is -0.449 e. The molecule has 12 heteroatoms. The van der Waals surface area contributed by atoms with Gasteiger partial charge in [-0.1, -0.05) is 11.8 Å². The number of hydrogen-bond acceptors (Lipinski definition) is 9. The van der Waals surface area contributed by atoms with Crippen molar-refractivity contribution in [3.63, 3.8) is 0 Å². The molecule has 0 radical (unpaired) electrons. The summed E-state index contributed by atoms with van der Waals surface area (Å²) in [6, 6.07) is -0.655. The molecule has 128 valence electrons. The summed E-state index contributed by atoms with van der Waals surface area (Å²) in [4.78, 5) is 39.3. The molecular weight excluding hydrogens is 358 g/mol. The zero-order valence-electron chi connectivity index (χ0n) is 12.4. The van der Waals surface area contributed by atoms with Gasteiger partial charge in [-0.25, -0.2) is 9.48 Å². The van der Waals surface area contributed by atoms with Gasteiger partial charge in [0.25, 0.3) is 5.56 Å². The van der Waals surface area contributed by atoms with Crippen molar-refractivity contribution in [1.29, 1.82) is 0 Å². The fourth-order valence-corrected chi connectivity index (χ4v) is 4.58. The molecule has 1 aromatic heterocycles. The van der Waals surface area contributed by atoms with Crippen LogP contribution in [0, 0.1) is 0 Å². The predicted molar refractivity (Wildman–Crippen MR) is 85.2 cm³/mol. The van der Waals surface area contributed by atoms with E-state index >= 15 is 0 Å². The first-order chi connectivity index (χ1) is 11.4. The van der Waals surface area contributed by atoms with Crippen LogP contribution in [0.3, 0.4) is 0 Å². The number of fused-ring (bicyclic) bond motifs is 1. The van der Waals surface area contributed by atoms with Crippen LogP contribution in [-0.4, -0.2) is 59.8 Å². The van der Waals surface area contributed by atoms with Crippen molar-refractivity contribution in [1.82, 2.24) is 19.7 Å². The highest BCUT2D eigenvalue weighted by molar-refractivity contribution is 8.01. The molecule has 2 atom stereocenters.